The number of halogens is 2. The van der Waals surface area contributed by atoms with E-state index in [1.807, 2.05) is 13.0 Å². The van der Waals surface area contributed by atoms with Crippen LogP contribution in [0.15, 0.2) is 58.1 Å². The summed E-state index contributed by atoms with van der Waals surface area (Å²) in [6.45, 7) is 1.86. The Balaban J connectivity index is 2.33. The van der Waals surface area contributed by atoms with Crippen molar-refractivity contribution in [3.63, 3.8) is 0 Å². The molecule has 0 saturated carbocycles. The SMILES string of the molecule is C/N=C\C(C#Cc1c(F)ccc(N[S+]([O-])c2cccc(C)c2)c1F)=C/N. The molecule has 0 aliphatic carbocycles. The molecule has 2 rings (SSSR count). The Labute approximate surface area is 154 Å². The van der Waals surface area contributed by atoms with Crippen molar-refractivity contribution in [1.82, 2.24) is 0 Å². The minimum absolute atomic E-state index is 0.113. The zero-order valence-corrected chi connectivity index (χ0v) is 15.0. The fourth-order valence-corrected chi connectivity index (χ4v) is 3.00. The van der Waals surface area contributed by atoms with Gasteiger partial charge in [0.1, 0.15) is 22.9 Å². The van der Waals surface area contributed by atoms with E-state index in [0.717, 1.165) is 11.6 Å². The molecule has 0 saturated heterocycles. The molecule has 0 spiro atoms. The van der Waals surface area contributed by atoms with Crippen LogP contribution in [0, 0.1) is 30.4 Å². The Morgan fingerprint density at radius 2 is 2.08 bits per heavy atom. The molecule has 0 amide bonds. The van der Waals surface area contributed by atoms with Crippen molar-refractivity contribution in [2.75, 3.05) is 11.8 Å². The molecule has 7 heteroatoms. The first kappa shape index (κ1) is 19.5. The fourth-order valence-electron chi connectivity index (χ4n) is 2.03. The van der Waals surface area contributed by atoms with Crippen LogP contribution in [0.1, 0.15) is 11.1 Å². The number of nitrogens with two attached hydrogens (primary N) is 1. The minimum Gasteiger partial charge on any atom is -0.588 e. The summed E-state index contributed by atoms with van der Waals surface area (Å²) in [5, 5.41) is 0. The predicted molar refractivity (Wildman–Crippen MR) is 101 cm³/mol. The number of hydrogen-bond donors (Lipinski definition) is 2. The van der Waals surface area contributed by atoms with E-state index in [1.54, 1.807) is 18.2 Å². The summed E-state index contributed by atoms with van der Waals surface area (Å²) in [7, 11) is 1.53. The van der Waals surface area contributed by atoms with Gasteiger partial charge < -0.3 is 10.3 Å². The third kappa shape index (κ3) is 4.85. The number of allylic oxidation sites excluding steroid dienone is 1. The molecular weight excluding hydrogens is 356 g/mol. The van der Waals surface area contributed by atoms with Crippen molar-refractivity contribution < 1.29 is 13.3 Å². The quantitative estimate of drug-likeness (QED) is 0.491. The predicted octanol–water partition coefficient (Wildman–Crippen LogP) is 3.30. The largest absolute Gasteiger partial charge is 0.588 e. The average Bonchev–Trinajstić information content (AvgIpc) is 2.62. The van der Waals surface area contributed by atoms with Gasteiger partial charge in [0.15, 0.2) is 10.7 Å². The van der Waals surface area contributed by atoms with E-state index in [2.05, 4.69) is 21.6 Å². The number of rotatable bonds is 4. The summed E-state index contributed by atoms with van der Waals surface area (Å²) in [4.78, 5) is 4.23. The lowest BCUT2D eigenvalue weighted by molar-refractivity contribution is 0.578. The van der Waals surface area contributed by atoms with Gasteiger partial charge in [0.2, 0.25) is 0 Å². The van der Waals surface area contributed by atoms with Crippen LogP contribution in [0.3, 0.4) is 0 Å². The summed E-state index contributed by atoms with van der Waals surface area (Å²) < 4.78 is 43.5. The first-order valence-corrected chi connectivity index (χ1v) is 8.70. The van der Waals surface area contributed by atoms with Crippen molar-refractivity contribution in [3.05, 3.63) is 70.9 Å². The van der Waals surface area contributed by atoms with Crippen LogP contribution in [-0.2, 0) is 11.4 Å². The van der Waals surface area contributed by atoms with Crippen LogP contribution in [0.4, 0.5) is 14.5 Å². The zero-order valence-electron chi connectivity index (χ0n) is 14.2. The molecule has 0 radical (unpaired) electrons. The number of hydrogen-bond acceptors (Lipinski definition) is 4. The molecule has 0 aromatic heterocycles. The van der Waals surface area contributed by atoms with Crippen LogP contribution in [-0.4, -0.2) is 17.8 Å². The molecule has 1 unspecified atom stereocenters. The fraction of sp³-hybridized carbons (Fsp3) is 0.105. The Bertz CT molecular complexity index is 917. The number of nitrogens with one attached hydrogen (secondary N) is 1. The maximum absolute atomic E-state index is 14.6. The summed E-state index contributed by atoms with van der Waals surface area (Å²) in [5.41, 5.74) is 6.05. The lowest BCUT2D eigenvalue weighted by Gasteiger charge is -2.13. The standard InChI is InChI=1S/C19H17F2N3OS/c1-13-4-3-5-15(10-13)26(25)24-18-9-8-17(20)16(19(18)21)7-6-14(11-22)12-23-2/h3-5,8-12,24H,22H2,1-2H3/b14-11-,23-12-. The van der Waals surface area contributed by atoms with E-state index in [1.165, 1.54) is 25.5 Å². The molecule has 1 atom stereocenters. The van der Waals surface area contributed by atoms with Gasteiger partial charge in [0.25, 0.3) is 0 Å². The van der Waals surface area contributed by atoms with Crippen LogP contribution in [0.5, 0.6) is 0 Å². The molecule has 0 fully saturated rings. The van der Waals surface area contributed by atoms with Crippen molar-refractivity contribution in [2.45, 2.75) is 11.8 Å². The second-order valence-electron chi connectivity index (χ2n) is 5.23. The van der Waals surface area contributed by atoms with Crippen molar-refractivity contribution in [2.24, 2.45) is 10.7 Å². The van der Waals surface area contributed by atoms with Crippen LogP contribution in [0.2, 0.25) is 0 Å². The second kappa shape index (κ2) is 9.04. The first-order chi connectivity index (χ1) is 12.5. The summed E-state index contributed by atoms with van der Waals surface area (Å²) >= 11 is -1.70. The topological polar surface area (TPSA) is 73.5 Å². The molecule has 3 N–H and O–H groups in total. The Morgan fingerprint density at radius 1 is 1.31 bits per heavy atom. The monoisotopic (exact) mass is 373 g/mol. The number of nitrogens with zero attached hydrogens (tertiary/aromatic N) is 1. The van der Waals surface area contributed by atoms with Crippen molar-refractivity contribution in [1.29, 1.82) is 0 Å². The second-order valence-corrected chi connectivity index (χ2v) is 6.44. The third-order valence-electron chi connectivity index (χ3n) is 3.28. The highest BCUT2D eigenvalue weighted by atomic mass is 32.2. The van der Waals surface area contributed by atoms with E-state index in [-0.39, 0.29) is 5.69 Å². The van der Waals surface area contributed by atoms with Gasteiger partial charge in [-0.3, -0.25) is 4.99 Å². The van der Waals surface area contributed by atoms with E-state index in [0.29, 0.717) is 10.5 Å². The molecule has 0 aliphatic heterocycles. The molecule has 2 aromatic rings. The summed E-state index contributed by atoms with van der Waals surface area (Å²) in [6, 6.07) is 9.21. The molecule has 0 bridgehead atoms. The molecular formula is C19H17F2N3OS. The van der Waals surface area contributed by atoms with Crippen LogP contribution < -0.4 is 10.5 Å². The zero-order chi connectivity index (χ0) is 19.1. The van der Waals surface area contributed by atoms with Gasteiger partial charge in [-0.25, -0.2) is 13.5 Å². The lowest BCUT2D eigenvalue weighted by Crippen LogP contribution is -2.15. The Kier molecular flexibility index (Phi) is 6.78. The van der Waals surface area contributed by atoms with Crippen LogP contribution >= 0.6 is 0 Å². The van der Waals surface area contributed by atoms with Gasteiger partial charge in [-0.2, -0.15) is 0 Å². The van der Waals surface area contributed by atoms with Gasteiger partial charge in [-0.15, -0.1) is 0 Å². The highest BCUT2D eigenvalue weighted by molar-refractivity contribution is 7.92. The van der Waals surface area contributed by atoms with Crippen molar-refractivity contribution >= 4 is 23.3 Å². The molecule has 26 heavy (non-hydrogen) atoms. The number of aliphatic imine (C=N–C) groups is 1. The first-order valence-electron chi connectivity index (χ1n) is 7.55. The molecule has 0 aliphatic rings. The smallest absolute Gasteiger partial charge is 0.180 e. The summed E-state index contributed by atoms with van der Waals surface area (Å²) in [6.07, 6.45) is 2.56. The van der Waals surface area contributed by atoms with Gasteiger partial charge >= 0.3 is 0 Å². The summed E-state index contributed by atoms with van der Waals surface area (Å²) in [5.74, 6) is 3.19. The van der Waals surface area contributed by atoms with E-state index in [9.17, 15) is 13.3 Å². The lowest BCUT2D eigenvalue weighted by atomic mass is 10.1. The van der Waals surface area contributed by atoms with Gasteiger partial charge in [0.05, 0.1) is 11.1 Å². The highest BCUT2D eigenvalue weighted by Crippen LogP contribution is 2.24. The van der Waals surface area contributed by atoms with Crippen molar-refractivity contribution in [3.8, 4) is 11.8 Å². The third-order valence-corrected chi connectivity index (χ3v) is 4.36. The number of aryl methyl sites for hydroxylation is 1. The average molecular weight is 373 g/mol. The molecule has 0 heterocycles. The van der Waals surface area contributed by atoms with E-state index in [4.69, 9.17) is 5.73 Å². The minimum atomic E-state index is -1.70. The Hall–Kier alpha value is -2.82. The molecule has 4 nitrogen and oxygen atoms in total. The maximum Gasteiger partial charge on any atom is 0.180 e. The Morgan fingerprint density at radius 3 is 2.73 bits per heavy atom. The normalized spacial score (nSPS) is 12.6. The van der Waals surface area contributed by atoms with E-state index >= 15 is 0 Å². The van der Waals surface area contributed by atoms with Gasteiger partial charge in [-0.05, 0) is 36.8 Å². The highest BCUT2D eigenvalue weighted by Gasteiger charge is 2.18. The van der Waals surface area contributed by atoms with E-state index < -0.39 is 28.6 Å². The van der Waals surface area contributed by atoms with Gasteiger partial charge in [-0.1, -0.05) is 24.0 Å². The number of anilines is 1. The number of benzene rings is 2. The van der Waals surface area contributed by atoms with Crippen LogP contribution in [0.25, 0.3) is 0 Å². The maximum atomic E-state index is 14.6. The van der Waals surface area contributed by atoms with Gasteiger partial charge in [0, 0.05) is 19.5 Å². The molecule has 134 valence electrons. The molecule has 2 aromatic carbocycles.